The zero-order chi connectivity index (χ0) is 13.8. The smallest absolute Gasteiger partial charge is 0.308 e. The summed E-state index contributed by atoms with van der Waals surface area (Å²) in [5.74, 6) is -0.293. The van der Waals surface area contributed by atoms with E-state index in [1.807, 2.05) is 13.0 Å². The number of esters is 1. The van der Waals surface area contributed by atoms with E-state index in [1.165, 1.54) is 6.92 Å². The van der Waals surface area contributed by atoms with E-state index >= 15 is 0 Å². The van der Waals surface area contributed by atoms with Gasteiger partial charge >= 0.3 is 5.97 Å². The lowest BCUT2D eigenvalue weighted by molar-refractivity contribution is -0.131. The molecular weight excluding hydrogens is 240 g/mol. The molecule has 19 heavy (non-hydrogen) atoms. The second-order valence-corrected chi connectivity index (χ2v) is 4.29. The van der Waals surface area contributed by atoms with Crippen molar-refractivity contribution in [1.29, 1.82) is 0 Å². The number of ketones is 1. The van der Waals surface area contributed by atoms with Gasteiger partial charge in [-0.3, -0.25) is 9.59 Å². The van der Waals surface area contributed by atoms with Gasteiger partial charge < -0.3 is 4.74 Å². The van der Waals surface area contributed by atoms with Crippen LogP contribution in [0.2, 0.25) is 0 Å². The van der Waals surface area contributed by atoms with E-state index in [-0.39, 0.29) is 5.78 Å². The van der Waals surface area contributed by atoms with Gasteiger partial charge in [-0.1, -0.05) is 42.0 Å². The third kappa shape index (κ3) is 3.07. The van der Waals surface area contributed by atoms with E-state index in [4.69, 9.17) is 4.74 Å². The van der Waals surface area contributed by atoms with Crippen LogP contribution < -0.4 is 4.74 Å². The van der Waals surface area contributed by atoms with Crippen molar-refractivity contribution >= 4 is 11.8 Å². The molecule has 2 aromatic carbocycles. The van der Waals surface area contributed by atoms with Crippen LogP contribution in [0.5, 0.6) is 5.75 Å². The van der Waals surface area contributed by atoms with Gasteiger partial charge in [0.25, 0.3) is 0 Å². The first-order valence-corrected chi connectivity index (χ1v) is 5.97. The lowest BCUT2D eigenvalue weighted by Gasteiger charge is -2.09. The minimum absolute atomic E-state index is 0.152. The topological polar surface area (TPSA) is 43.4 Å². The summed E-state index contributed by atoms with van der Waals surface area (Å²) in [4.78, 5) is 23.5. The highest BCUT2D eigenvalue weighted by atomic mass is 16.5. The van der Waals surface area contributed by atoms with E-state index in [0.717, 1.165) is 5.56 Å². The highest BCUT2D eigenvalue weighted by Crippen LogP contribution is 2.23. The molecule has 0 aliphatic carbocycles. The van der Waals surface area contributed by atoms with E-state index in [2.05, 4.69) is 0 Å². The average molecular weight is 254 g/mol. The van der Waals surface area contributed by atoms with Crippen molar-refractivity contribution in [2.45, 2.75) is 13.8 Å². The first-order chi connectivity index (χ1) is 9.08. The standard InChI is InChI=1S/C16H14O3/c1-11-8-9-15(19-12(2)17)14(10-11)16(18)13-6-4-3-5-7-13/h3-10H,1-2H3. The number of rotatable bonds is 3. The van der Waals surface area contributed by atoms with Crippen LogP contribution in [0, 0.1) is 6.92 Å². The fourth-order valence-corrected chi connectivity index (χ4v) is 1.81. The molecule has 3 heteroatoms. The normalized spacial score (nSPS) is 10.0. The van der Waals surface area contributed by atoms with Crippen LogP contribution in [0.4, 0.5) is 0 Å². The molecule has 0 aliphatic rings. The Morgan fingerprint density at radius 3 is 2.32 bits per heavy atom. The summed E-state index contributed by atoms with van der Waals surface area (Å²) in [6, 6.07) is 14.1. The molecule has 0 spiro atoms. The van der Waals surface area contributed by atoms with Crippen molar-refractivity contribution in [2.24, 2.45) is 0 Å². The second kappa shape index (κ2) is 5.48. The largest absolute Gasteiger partial charge is 0.426 e. The van der Waals surface area contributed by atoms with Crippen LogP contribution in [-0.4, -0.2) is 11.8 Å². The average Bonchev–Trinajstić information content (AvgIpc) is 2.40. The number of benzene rings is 2. The van der Waals surface area contributed by atoms with Crippen LogP contribution in [0.25, 0.3) is 0 Å². The molecule has 0 radical (unpaired) electrons. The monoisotopic (exact) mass is 254 g/mol. The molecule has 96 valence electrons. The van der Waals surface area contributed by atoms with Crippen molar-refractivity contribution in [3.8, 4) is 5.75 Å². The van der Waals surface area contributed by atoms with Gasteiger partial charge in [-0.15, -0.1) is 0 Å². The van der Waals surface area contributed by atoms with E-state index in [1.54, 1.807) is 42.5 Å². The Kier molecular flexibility index (Phi) is 3.76. The maximum Gasteiger partial charge on any atom is 0.308 e. The van der Waals surface area contributed by atoms with Crippen LogP contribution in [0.3, 0.4) is 0 Å². The molecule has 0 unspecified atom stereocenters. The van der Waals surface area contributed by atoms with Gasteiger partial charge in [0, 0.05) is 12.5 Å². The Labute approximate surface area is 111 Å². The highest BCUT2D eigenvalue weighted by molar-refractivity contribution is 6.11. The Bertz CT molecular complexity index is 615. The predicted molar refractivity (Wildman–Crippen MR) is 72.4 cm³/mol. The third-order valence-corrected chi connectivity index (χ3v) is 2.67. The lowest BCUT2D eigenvalue weighted by atomic mass is 10.0. The maximum absolute atomic E-state index is 12.4. The van der Waals surface area contributed by atoms with Crippen LogP contribution >= 0.6 is 0 Å². The first kappa shape index (κ1) is 13.0. The molecule has 0 amide bonds. The lowest BCUT2D eigenvalue weighted by Crippen LogP contribution is -2.09. The molecule has 3 nitrogen and oxygen atoms in total. The molecule has 2 aromatic rings. The summed E-state index contributed by atoms with van der Waals surface area (Å²) in [7, 11) is 0. The Balaban J connectivity index is 2.45. The second-order valence-electron chi connectivity index (χ2n) is 4.29. The molecule has 2 rings (SSSR count). The Hall–Kier alpha value is -2.42. The quantitative estimate of drug-likeness (QED) is 0.480. The number of hydrogen-bond acceptors (Lipinski definition) is 3. The maximum atomic E-state index is 12.4. The van der Waals surface area contributed by atoms with Crippen molar-refractivity contribution < 1.29 is 14.3 Å². The van der Waals surface area contributed by atoms with Crippen LogP contribution in [0.1, 0.15) is 28.4 Å². The zero-order valence-corrected chi connectivity index (χ0v) is 10.8. The fourth-order valence-electron chi connectivity index (χ4n) is 1.81. The number of ether oxygens (including phenoxy) is 1. The summed E-state index contributed by atoms with van der Waals surface area (Å²) < 4.78 is 5.08. The first-order valence-electron chi connectivity index (χ1n) is 5.97. The van der Waals surface area contributed by atoms with Crippen LogP contribution in [0.15, 0.2) is 48.5 Å². The summed E-state index contributed by atoms with van der Waals surface area (Å²) in [5, 5.41) is 0. The molecule has 0 aliphatic heterocycles. The van der Waals surface area contributed by atoms with Crippen molar-refractivity contribution in [1.82, 2.24) is 0 Å². The minimum atomic E-state index is -0.439. The molecule has 0 saturated heterocycles. The highest BCUT2D eigenvalue weighted by Gasteiger charge is 2.15. The number of hydrogen-bond donors (Lipinski definition) is 0. The predicted octanol–water partition coefficient (Wildman–Crippen LogP) is 3.15. The summed E-state index contributed by atoms with van der Waals surface area (Å²) in [6.45, 7) is 3.20. The van der Waals surface area contributed by atoms with Gasteiger partial charge in [0.05, 0.1) is 5.56 Å². The Morgan fingerprint density at radius 1 is 1.00 bits per heavy atom. The molecule has 0 heterocycles. The summed E-state index contributed by atoms with van der Waals surface area (Å²) >= 11 is 0. The van der Waals surface area contributed by atoms with Gasteiger partial charge in [-0.2, -0.15) is 0 Å². The van der Waals surface area contributed by atoms with Gasteiger partial charge in [-0.05, 0) is 19.1 Å². The molecule has 0 fully saturated rings. The van der Waals surface area contributed by atoms with E-state index in [9.17, 15) is 9.59 Å². The summed E-state index contributed by atoms with van der Waals surface area (Å²) in [5.41, 5.74) is 1.91. The van der Waals surface area contributed by atoms with E-state index in [0.29, 0.717) is 16.9 Å². The third-order valence-electron chi connectivity index (χ3n) is 2.67. The Morgan fingerprint density at radius 2 is 1.68 bits per heavy atom. The summed E-state index contributed by atoms with van der Waals surface area (Å²) in [6.07, 6.45) is 0. The van der Waals surface area contributed by atoms with E-state index < -0.39 is 5.97 Å². The van der Waals surface area contributed by atoms with Crippen molar-refractivity contribution in [3.63, 3.8) is 0 Å². The zero-order valence-electron chi connectivity index (χ0n) is 10.8. The van der Waals surface area contributed by atoms with Gasteiger partial charge in [-0.25, -0.2) is 0 Å². The minimum Gasteiger partial charge on any atom is -0.426 e. The van der Waals surface area contributed by atoms with Gasteiger partial charge in [0.15, 0.2) is 5.78 Å². The van der Waals surface area contributed by atoms with Crippen molar-refractivity contribution in [2.75, 3.05) is 0 Å². The molecular formula is C16H14O3. The van der Waals surface area contributed by atoms with Crippen LogP contribution in [-0.2, 0) is 4.79 Å². The van der Waals surface area contributed by atoms with Crippen molar-refractivity contribution in [3.05, 3.63) is 65.2 Å². The number of aryl methyl sites for hydroxylation is 1. The molecule has 0 aromatic heterocycles. The molecule has 0 atom stereocenters. The van der Waals surface area contributed by atoms with Gasteiger partial charge in [0.1, 0.15) is 5.75 Å². The molecule has 0 N–H and O–H groups in total. The molecule has 0 bridgehead atoms. The number of carbonyl (C=O) groups is 2. The van der Waals surface area contributed by atoms with Gasteiger partial charge in [0.2, 0.25) is 0 Å². The number of carbonyl (C=O) groups excluding carboxylic acids is 2. The molecule has 0 saturated carbocycles. The SMILES string of the molecule is CC(=O)Oc1ccc(C)cc1C(=O)c1ccccc1. The fraction of sp³-hybridized carbons (Fsp3) is 0.125.